The molecule has 0 saturated heterocycles. The fourth-order valence-corrected chi connectivity index (χ4v) is 3.19. The van der Waals surface area contributed by atoms with Crippen molar-refractivity contribution in [2.75, 3.05) is 24.5 Å². The molecule has 0 fully saturated rings. The largest absolute Gasteiger partial charge is 0.382 e. The third kappa shape index (κ3) is 5.88. The predicted octanol–water partition coefficient (Wildman–Crippen LogP) is 2.64. The summed E-state index contributed by atoms with van der Waals surface area (Å²) in [5, 5.41) is 2.77. The van der Waals surface area contributed by atoms with Gasteiger partial charge in [0, 0.05) is 31.0 Å². The van der Waals surface area contributed by atoms with Gasteiger partial charge in [-0.05, 0) is 49.7 Å². The third-order valence-electron chi connectivity index (χ3n) is 3.41. The summed E-state index contributed by atoms with van der Waals surface area (Å²) in [6, 6.07) is 14.5. The summed E-state index contributed by atoms with van der Waals surface area (Å²) >= 11 is 0. The van der Waals surface area contributed by atoms with Gasteiger partial charge < -0.3 is 10.1 Å². The van der Waals surface area contributed by atoms with Crippen LogP contribution < -0.4 is 10.0 Å². The first-order valence-corrected chi connectivity index (χ1v) is 9.55. The van der Waals surface area contributed by atoms with Gasteiger partial charge in [0.1, 0.15) is 0 Å². The molecule has 0 aliphatic heterocycles. The van der Waals surface area contributed by atoms with Gasteiger partial charge in [-0.15, -0.1) is 0 Å². The van der Waals surface area contributed by atoms with Gasteiger partial charge in [0.15, 0.2) is 0 Å². The maximum Gasteiger partial charge on any atom is 0.261 e. The molecule has 0 spiro atoms. The fraction of sp³-hybridized carbons (Fsp3) is 0.278. The monoisotopic (exact) mass is 362 g/mol. The van der Waals surface area contributed by atoms with Crippen molar-refractivity contribution in [1.29, 1.82) is 0 Å². The Kier molecular flexibility index (Phi) is 6.97. The van der Waals surface area contributed by atoms with E-state index in [0.717, 1.165) is 6.42 Å². The van der Waals surface area contributed by atoms with E-state index in [-0.39, 0.29) is 10.8 Å². The van der Waals surface area contributed by atoms with Gasteiger partial charge in [-0.3, -0.25) is 9.52 Å². The number of carbonyl (C=O) groups excluding carboxylic acids is 1. The summed E-state index contributed by atoms with van der Waals surface area (Å²) in [7, 11) is -3.68. The highest BCUT2D eigenvalue weighted by atomic mass is 32.2. The molecule has 0 aliphatic rings. The van der Waals surface area contributed by atoms with Gasteiger partial charge in [0.25, 0.3) is 15.9 Å². The molecule has 134 valence electrons. The summed E-state index contributed by atoms with van der Waals surface area (Å²) in [6.45, 7) is 3.68. The standard InChI is InChI=1S/C18H22N2O4S/c1-2-24-14-6-13-19-18(21)15-9-11-17(12-10-15)25(22,23)20-16-7-4-3-5-8-16/h3-5,7-12,20H,2,6,13-14H2,1H3,(H,19,21). The highest BCUT2D eigenvalue weighted by Crippen LogP contribution is 2.16. The maximum absolute atomic E-state index is 12.3. The van der Waals surface area contributed by atoms with Gasteiger partial charge in [0.2, 0.25) is 0 Å². The molecule has 0 aliphatic carbocycles. The average molecular weight is 362 g/mol. The lowest BCUT2D eigenvalue weighted by atomic mass is 10.2. The van der Waals surface area contributed by atoms with Crippen LogP contribution in [0, 0.1) is 0 Å². The van der Waals surface area contributed by atoms with Crippen LogP contribution in [0.3, 0.4) is 0 Å². The fourth-order valence-electron chi connectivity index (χ4n) is 2.13. The van der Waals surface area contributed by atoms with Gasteiger partial charge in [0.05, 0.1) is 4.90 Å². The molecule has 0 saturated carbocycles. The molecule has 0 radical (unpaired) electrons. The maximum atomic E-state index is 12.3. The molecule has 2 rings (SSSR count). The Morgan fingerprint density at radius 3 is 2.36 bits per heavy atom. The number of carbonyl (C=O) groups is 1. The van der Waals surface area contributed by atoms with Crippen LogP contribution >= 0.6 is 0 Å². The molecule has 7 heteroatoms. The van der Waals surface area contributed by atoms with Crippen LogP contribution in [0.1, 0.15) is 23.7 Å². The first-order valence-electron chi connectivity index (χ1n) is 8.07. The lowest BCUT2D eigenvalue weighted by Gasteiger charge is -2.09. The number of benzene rings is 2. The van der Waals surface area contributed by atoms with E-state index in [1.165, 1.54) is 24.3 Å². The molecule has 0 atom stereocenters. The number of nitrogens with one attached hydrogen (secondary N) is 2. The van der Waals surface area contributed by atoms with Crippen molar-refractivity contribution in [3.05, 3.63) is 60.2 Å². The van der Waals surface area contributed by atoms with Crippen LogP contribution in [0.4, 0.5) is 5.69 Å². The first-order chi connectivity index (χ1) is 12.0. The molecule has 6 nitrogen and oxygen atoms in total. The normalized spacial score (nSPS) is 11.1. The van der Waals surface area contributed by atoms with Gasteiger partial charge in [-0.25, -0.2) is 8.42 Å². The Labute approximate surface area is 148 Å². The molecule has 0 bridgehead atoms. The lowest BCUT2D eigenvalue weighted by Crippen LogP contribution is -2.25. The Hall–Kier alpha value is -2.38. The highest BCUT2D eigenvalue weighted by molar-refractivity contribution is 7.92. The van der Waals surface area contributed by atoms with Crippen LogP contribution in [0.25, 0.3) is 0 Å². The molecule has 0 aromatic heterocycles. The second kappa shape index (κ2) is 9.19. The smallest absolute Gasteiger partial charge is 0.261 e. The zero-order valence-electron chi connectivity index (χ0n) is 14.1. The van der Waals surface area contributed by atoms with Crippen LogP contribution in [-0.2, 0) is 14.8 Å². The van der Waals surface area contributed by atoms with Crippen molar-refractivity contribution >= 4 is 21.6 Å². The minimum Gasteiger partial charge on any atom is -0.382 e. The number of hydrogen-bond acceptors (Lipinski definition) is 4. The Balaban J connectivity index is 1.95. The molecule has 2 aromatic rings. The number of anilines is 1. The van der Waals surface area contributed by atoms with E-state index >= 15 is 0 Å². The molecular weight excluding hydrogens is 340 g/mol. The van der Waals surface area contributed by atoms with Crippen LogP contribution in [0.15, 0.2) is 59.5 Å². The molecule has 2 N–H and O–H groups in total. The van der Waals surface area contributed by atoms with Crippen molar-refractivity contribution < 1.29 is 17.9 Å². The number of sulfonamides is 1. The van der Waals surface area contributed by atoms with E-state index in [2.05, 4.69) is 10.0 Å². The third-order valence-corrected chi connectivity index (χ3v) is 4.81. The molecule has 1 amide bonds. The predicted molar refractivity (Wildman–Crippen MR) is 97.1 cm³/mol. The Morgan fingerprint density at radius 1 is 1.04 bits per heavy atom. The van der Waals surface area contributed by atoms with E-state index in [0.29, 0.717) is 31.0 Å². The average Bonchev–Trinajstić information content (AvgIpc) is 2.62. The highest BCUT2D eigenvalue weighted by Gasteiger charge is 2.15. The van der Waals surface area contributed by atoms with Gasteiger partial charge in [-0.1, -0.05) is 18.2 Å². The van der Waals surface area contributed by atoms with Gasteiger partial charge in [-0.2, -0.15) is 0 Å². The van der Waals surface area contributed by atoms with E-state index in [9.17, 15) is 13.2 Å². The van der Waals surface area contributed by atoms with Crippen molar-refractivity contribution in [3.8, 4) is 0 Å². The second-order valence-corrected chi connectivity index (χ2v) is 6.98. The van der Waals surface area contributed by atoms with Crippen LogP contribution in [0.5, 0.6) is 0 Å². The van der Waals surface area contributed by atoms with E-state index < -0.39 is 10.0 Å². The summed E-state index contributed by atoms with van der Waals surface area (Å²) in [6.07, 6.45) is 0.729. The lowest BCUT2D eigenvalue weighted by molar-refractivity contribution is 0.0944. The number of ether oxygens (including phenoxy) is 1. The second-order valence-electron chi connectivity index (χ2n) is 5.30. The minimum absolute atomic E-state index is 0.101. The molecule has 25 heavy (non-hydrogen) atoms. The zero-order chi connectivity index (χ0) is 18.1. The van der Waals surface area contributed by atoms with E-state index in [1.54, 1.807) is 30.3 Å². The Bertz CT molecular complexity index is 774. The Morgan fingerprint density at radius 2 is 1.72 bits per heavy atom. The number of hydrogen-bond donors (Lipinski definition) is 2. The summed E-state index contributed by atoms with van der Waals surface area (Å²) in [4.78, 5) is 12.1. The topological polar surface area (TPSA) is 84.5 Å². The minimum atomic E-state index is -3.68. The molecule has 0 heterocycles. The van der Waals surface area contributed by atoms with Crippen molar-refractivity contribution in [2.45, 2.75) is 18.2 Å². The van der Waals surface area contributed by atoms with Crippen molar-refractivity contribution in [3.63, 3.8) is 0 Å². The van der Waals surface area contributed by atoms with Crippen LogP contribution in [-0.4, -0.2) is 34.1 Å². The molecule has 0 unspecified atom stereocenters. The summed E-state index contributed by atoms with van der Waals surface area (Å²) in [5.74, 6) is -0.239. The SMILES string of the molecule is CCOCCCNC(=O)c1ccc(S(=O)(=O)Nc2ccccc2)cc1. The number of rotatable bonds is 9. The summed E-state index contributed by atoms with van der Waals surface area (Å²) < 4.78 is 32.4. The zero-order valence-corrected chi connectivity index (χ0v) is 14.9. The van der Waals surface area contributed by atoms with Crippen LogP contribution in [0.2, 0.25) is 0 Å². The van der Waals surface area contributed by atoms with Crippen molar-refractivity contribution in [1.82, 2.24) is 5.32 Å². The first kappa shape index (κ1) is 19.0. The van der Waals surface area contributed by atoms with Gasteiger partial charge >= 0.3 is 0 Å². The number of amides is 1. The quantitative estimate of drug-likeness (QED) is 0.672. The number of para-hydroxylation sites is 1. The van der Waals surface area contributed by atoms with Crippen molar-refractivity contribution in [2.24, 2.45) is 0 Å². The summed E-state index contributed by atoms with van der Waals surface area (Å²) in [5.41, 5.74) is 0.897. The van der Waals surface area contributed by atoms with E-state index in [4.69, 9.17) is 4.74 Å². The molecule has 2 aromatic carbocycles. The molecular formula is C18H22N2O4S. The van der Waals surface area contributed by atoms with E-state index in [1.807, 2.05) is 6.92 Å².